The molecule has 3 rings (SSSR count). The topological polar surface area (TPSA) is 116 Å². The Morgan fingerprint density at radius 3 is 1.09 bits per heavy atom. The van der Waals surface area contributed by atoms with E-state index in [0.717, 1.165) is 0 Å². The summed E-state index contributed by atoms with van der Waals surface area (Å²) in [7, 11) is 0. The van der Waals surface area contributed by atoms with Crippen molar-refractivity contribution in [2.24, 2.45) is 0 Å². The van der Waals surface area contributed by atoms with E-state index in [0.29, 0.717) is 32.5 Å². The van der Waals surface area contributed by atoms with Crippen molar-refractivity contribution in [2.75, 3.05) is 0 Å². The van der Waals surface area contributed by atoms with Crippen LogP contribution in [0.4, 0.5) is 0 Å². The minimum absolute atomic E-state index is 0. The molecule has 0 amide bonds. The number of esters is 3. The van der Waals surface area contributed by atoms with Crippen molar-refractivity contribution < 1.29 is 51.8 Å². The number of aliphatic hydroxyl groups excluding tert-OH is 1. The van der Waals surface area contributed by atoms with E-state index in [1.165, 1.54) is 6.92 Å². The van der Waals surface area contributed by atoms with Gasteiger partial charge in [-0.1, -0.05) is 14.9 Å². The van der Waals surface area contributed by atoms with Crippen LogP contribution in [0.15, 0.2) is 0 Å². The first-order valence-electron chi connectivity index (χ1n) is 8.68. The van der Waals surface area contributed by atoms with Gasteiger partial charge in [-0.3, -0.25) is 19.2 Å². The summed E-state index contributed by atoms with van der Waals surface area (Å²) >= 11 is 9.54. The molecule has 1 unspecified atom stereocenters. The van der Waals surface area contributed by atoms with Crippen LogP contribution >= 0.6 is 74.5 Å². The Morgan fingerprint density at radius 1 is 0.906 bits per heavy atom. The van der Waals surface area contributed by atoms with Gasteiger partial charge in [0.1, 0.15) is 24.1 Å². The molecule has 3 aliphatic heterocycles. The molecule has 0 aliphatic carbocycles. The van der Waals surface area contributed by atoms with Gasteiger partial charge >= 0.3 is 68.4 Å². The summed E-state index contributed by atoms with van der Waals surface area (Å²) < 4.78 is 13.5. The molecule has 0 saturated carbocycles. The van der Waals surface area contributed by atoms with Crippen LogP contribution in [0.3, 0.4) is 0 Å². The van der Waals surface area contributed by atoms with E-state index >= 15 is 0 Å². The molecular weight excluding hydrogens is 991 g/mol. The number of ether oxygens (including phenoxy) is 3. The van der Waals surface area contributed by atoms with E-state index in [-0.39, 0.29) is 63.3 Å². The van der Waals surface area contributed by atoms with Gasteiger partial charge in [0.05, 0.1) is 25.4 Å². The van der Waals surface area contributed by atoms with E-state index in [9.17, 15) is 19.2 Å². The van der Waals surface area contributed by atoms with Crippen molar-refractivity contribution in [1.82, 2.24) is 0 Å². The summed E-state index contributed by atoms with van der Waals surface area (Å²) in [4.78, 5) is 39.8. The quantitative estimate of drug-likeness (QED) is 0.255. The predicted molar refractivity (Wildman–Crippen MR) is 157 cm³/mol. The maximum atomic E-state index is 10.1. The number of carbonyl (C=O) groups is 4. The summed E-state index contributed by atoms with van der Waals surface area (Å²) in [5.41, 5.74) is 0. The van der Waals surface area contributed by atoms with Gasteiger partial charge in [-0.25, -0.2) is 0 Å². The first-order valence-corrected chi connectivity index (χ1v) is 27.5. The average molecular weight is 1030 g/mol. The number of cyclic esters (lactones) is 3. The van der Waals surface area contributed by atoms with E-state index in [1.54, 1.807) is 6.92 Å². The number of ketones is 1. The number of halogens is 5. The fourth-order valence-corrected chi connectivity index (χ4v) is 1.76. The normalized spacial score (nSPS) is 21.6. The van der Waals surface area contributed by atoms with E-state index < -0.39 is 6.10 Å². The molecule has 1 N–H and O–H groups in total. The van der Waals surface area contributed by atoms with E-state index in [4.69, 9.17) is 5.11 Å². The molecule has 0 aromatic carbocycles. The van der Waals surface area contributed by atoms with Crippen molar-refractivity contribution in [3.63, 3.8) is 0 Å². The van der Waals surface area contributed by atoms with Crippen LogP contribution in [-0.4, -0.2) is 53.2 Å². The maximum absolute atomic E-state index is 10.1. The van der Waals surface area contributed by atoms with Crippen LogP contribution in [0.25, 0.3) is 0 Å². The molecule has 4 atom stereocenters. The van der Waals surface area contributed by atoms with Gasteiger partial charge in [0.25, 0.3) is 0 Å². The number of aliphatic hydroxyl groups is 1. The molecule has 3 heterocycles. The van der Waals surface area contributed by atoms with Crippen molar-refractivity contribution in [1.29, 1.82) is 0 Å². The zero-order valence-electron chi connectivity index (χ0n) is 17.3. The van der Waals surface area contributed by atoms with Gasteiger partial charge in [0.2, 0.25) is 0 Å². The second-order valence-corrected chi connectivity index (χ2v) is 22.6. The fourth-order valence-electron chi connectivity index (χ4n) is 1.76. The van der Waals surface area contributed by atoms with Crippen LogP contribution in [-0.2, 0) is 33.4 Å². The number of hydrogen-bond acceptors (Lipinski definition) is 8. The van der Waals surface area contributed by atoms with Gasteiger partial charge in [0.15, 0.2) is 0 Å². The second kappa shape index (κ2) is 28.9. The molecule has 8 nitrogen and oxygen atoms in total. The monoisotopic (exact) mass is 1030 g/mol. The van der Waals surface area contributed by atoms with Crippen LogP contribution < -0.4 is 13.3 Å². The molecule has 0 radical (unpaired) electrons. The Bertz CT molecular complexity index is 430. The first-order chi connectivity index (χ1) is 13.9. The summed E-state index contributed by atoms with van der Waals surface area (Å²) in [5, 5.41) is 8.50. The summed E-state index contributed by atoms with van der Waals surface area (Å²) in [6.45, 7) is 8.69. The van der Waals surface area contributed by atoms with E-state index in [1.807, 2.05) is 20.8 Å². The number of carbonyl (C=O) groups excluding carboxylic acids is 4. The number of rotatable bonds is 2. The number of Topliss-reactive ketones (excluding diaryl/α,β-unsaturated/α-hetero) is 1. The Morgan fingerprint density at radius 2 is 1.09 bits per heavy atom. The van der Waals surface area contributed by atoms with Crippen LogP contribution in [0, 0.1) is 0 Å². The minimum atomic E-state index is -0.475. The molecule has 0 spiro atoms. The van der Waals surface area contributed by atoms with E-state index in [2.05, 4.69) is 88.7 Å². The predicted octanol–water partition coefficient (Wildman–Crippen LogP) is 3.13. The Hall–Kier alpha value is 1.69. The standard InChI is InChI=1S/C5H10O2.3C4H6O2.2CH4.I3.I2/c1-4(6)3-5(2)7;3*1-3-2-4(5)6-3;;;1-3-2;1-2/h4,6H,3H2,1-2H3;3*3H,2H2,1H3;2*1H4;;/q;;;;;;-1;/t4-;2*3-;;;;;/m010...../s1. The van der Waals surface area contributed by atoms with Crippen LogP contribution in [0.2, 0.25) is 0 Å². The zero-order chi connectivity index (χ0) is 24.3. The second-order valence-electron chi connectivity index (χ2n) is 6.32. The van der Waals surface area contributed by atoms with Crippen molar-refractivity contribution in [2.45, 2.75) is 99.6 Å². The molecule has 13 heteroatoms. The van der Waals surface area contributed by atoms with Gasteiger partial charge in [0, 0.05) is 43.7 Å². The molecule has 3 aliphatic rings. The molecule has 196 valence electrons. The molecule has 3 saturated heterocycles. The van der Waals surface area contributed by atoms with Crippen molar-refractivity contribution in [3.8, 4) is 0 Å². The fraction of sp³-hybridized carbons (Fsp3) is 0.789. The van der Waals surface area contributed by atoms with Gasteiger partial charge in [-0.05, 0) is 34.6 Å². The van der Waals surface area contributed by atoms with Gasteiger partial charge < -0.3 is 19.3 Å². The molecule has 0 aromatic rings. The van der Waals surface area contributed by atoms with Crippen LogP contribution in [0.1, 0.15) is 75.2 Å². The Kier molecular flexibility index (Phi) is 39.5. The third kappa shape index (κ3) is 33.9. The number of hydrogen-bond donors (Lipinski definition) is 1. The third-order valence-corrected chi connectivity index (χ3v) is 2.94. The van der Waals surface area contributed by atoms with Gasteiger partial charge in [-0.15, -0.1) is 0 Å². The Labute approximate surface area is 246 Å². The average Bonchev–Trinajstić information content (AvgIpc) is 2.55. The third-order valence-electron chi connectivity index (χ3n) is 2.94. The summed E-state index contributed by atoms with van der Waals surface area (Å²) in [6, 6.07) is 0. The summed E-state index contributed by atoms with van der Waals surface area (Å²) in [5.74, 6) is -0.164. The van der Waals surface area contributed by atoms with Crippen molar-refractivity contribution in [3.05, 3.63) is 0 Å². The molecule has 3 fully saturated rings. The SMILES string of the molecule is C.C.CC(=O)C[C@H](C)O.CC1CC(=O)O1.C[C@@H]1CC(=O)O1.C[C@H]1CC(=O)O1.II.I[I-]I. The molecule has 0 bridgehead atoms. The Balaban J connectivity index is -0.0000000931. The molecule has 32 heavy (non-hydrogen) atoms. The molecular formula is C19H36I5O8-. The molecule has 0 aromatic heterocycles. The summed E-state index contributed by atoms with van der Waals surface area (Å²) in [6.07, 6.45) is 2.21. The van der Waals surface area contributed by atoms with Crippen molar-refractivity contribution >= 4 is 98.2 Å². The van der Waals surface area contributed by atoms with Crippen LogP contribution in [0.5, 0.6) is 0 Å². The zero-order valence-corrected chi connectivity index (χ0v) is 28.1. The van der Waals surface area contributed by atoms with Gasteiger partial charge in [-0.2, -0.15) is 0 Å². The first kappa shape index (κ1) is 43.7.